The van der Waals surface area contributed by atoms with E-state index < -0.39 is 9.84 Å². The zero-order valence-corrected chi connectivity index (χ0v) is 9.79. The molecule has 0 fully saturated rings. The fourth-order valence-corrected chi connectivity index (χ4v) is 1.78. The van der Waals surface area contributed by atoms with Crippen molar-refractivity contribution in [2.45, 2.75) is 25.8 Å². The second kappa shape index (κ2) is 6.62. The molecule has 0 aliphatic rings. The van der Waals surface area contributed by atoms with Crippen molar-refractivity contribution < 1.29 is 8.42 Å². The molecule has 0 heterocycles. The highest BCUT2D eigenvalue weighted by molar-refractivity contribution is 7.90. The second-order valence-electron chi connectivity index (χ2n) is 3.17. The number of hydrogen-bond acceptors (Lipinski definition) is 3. The molecule has 1 atom stereocenters. The van der Waals surface area contributed by atoms with Gasteiger partial charge < -0.3 is 5.32 Å². The number of alkyl halides is 1. The zero-order valence-electron chi connectivity index (χ0n) is 8.22. The molecular formula is C8H18ClNO2S. The van der Waals surface area contributed by atoms with Crippen LogP contribution in [0.25, 0.3) is 0 Å². The molecule has 1 N–H and O–H groups in total. The molecule has 1 unspecified atom stereocenters. The molecule has 0 aliphatic heterocycles. The van der Waals surface area contributed by atoms with Crippen LogP contribution in [0.1, 0.15) is 19.8 Å². The van der Waals surface area contributed by atoms with Crippen molar-refractivity contribution in [1.82, 2.24) is 5.32 Å². The molecular weight excluding hydrogens is 210 g/mol. The van der Waals surface area contributed by atoms with Gasteiger partial charge in [0.15, 0.2) is 0 Å². The maximum Gasteiger partial charge on any atom is 0.148 e. The summed E-state index contributed by atoms with van der Waals surface area (Å²) in [5, 5.41) is 3.16. The molecule has 80 valence electrons. The minimum absolute atomic E-state index is 0.200. The Labute approximate surface area is 85.8 Å². The molecule has 5 heteroatoms. The molecule has 0 aromatic heterocycles. The van der Waals surface area contributed by atoms with Crippen LogP contribution >= 0.6 is 11.6 Å². The van der Waals surface area contributed by atoms with Gasteiger partial charge in [0, 0.05) is 24.7 Å². The van der Waals surface area contributed by atoms with Gasteiger partial charge in [-0.15, -0.1) is 11.6 Å². The largest absolute Gasteiger partial charge is 0.313 e. The summed E-state index contributed by atoms with van der Waals surface area (Å²) in [6.45, 7) is 2.58. The molecule has 0 aromatic carbocycles. The molecule has 0 aromatic rings. The van der Waals surface area contributed by atoms with Gasteiger partial charge in [0.1, 0.15) is 9.84 Å². The Morgan fingerprint density at radius 2 is 2.08 bits per heavy atom. The SMILES string of the molecule is CCC(CCCl)NCCS(C)(=O)=O. The highest BCUT2D eigenvalue weighted by atomic mass is 35.5. The minimum Gasteiger partial charge on any atom is -0.313 e. The number of hydrogen-bond donors (Lipinski definition) is 1. The molecule has 0 aliphatic carbocycles. The van der Waals surface area contributed by atoms with Crippen molar-refractivity contribution >= 4 is 21.4 Å². The monoisotopic (exact) mass is 227 g/mol. The smallest absolute Gasteiger partial charge is 0.148 e. The van der Waals surface area contributed by atoms with E-state index in [1.54, 1.807) is 0 Å². The molecule has 3 nitrogen and oxygen atoms in total. The lowest BCUT2D eigenvalue weighted by molar-refractivity contribution is 0.499. The third-order valence-corrected chi connectivity index (χ3v) is 3.02. The molecule has 0 spiro atoms. The lowest BCUT2D eigenvalue weighted by Crippen LogP contribution is -2.32. The first-order chi connectivity index (χ1) is 5.99. The van der Waals surface area contributed by atoms with Gasteiger partial charge in [-0.3, -0.25) is 0 Å². The van der Waals surface area contributed by atoms with Crippen molar-refractivity contribution in [2.24, 2.45) is 0 Å². The van der Waals surface area contributed by atoms with E-state index in [9.17, 15) is 8.42 Å². The summed E-state index contributed by atoms with van der Waals surface area (Å²) in [5.74, 6) is 0.816. The van der Waals surface area contributed by atoms with E-state index in [4.69, 9.17) is 11.6 Å². The van der Waals surface area contributed by atoms with Gasteiger partial charge in [-0.2, -0.15) is 0 Å². The summed E-state index contributed by atoms with van der Waals surface area (Å²) in [6.07, 6.45) is 3.12. The predicted octanol–water partition coefficient (Wildman–Crippen LogP) is 1.03. The Balaban J connectivity index is 3.61. The molecule has 0 saturated carbocycles. The second-order valence-corrected chi connectivity index (χ2v) is 5.80. The molecule has 13 heavy (non-hydrogen) atoms. The molecule has 0 rings (SSSR count). The number of halogens is 1. The summed E-state index contributed by atoms with van der Waals surface area (Å²) >= 11 is 5.59. The zero-order chi connectivity index (χ0) is 10.3. The van der Waals surface area contributed by atoms with Crippen LogP contribution in [-0.4, -0.2) is 38.9 Å². The van der Waals surface area contributed by atoms with Crippen molar-refractivity contribution in [2.75, 3.05) is 24.4 Å². The minimum atomic E-state index is -2.84. The Morgan fingerprint density at radius 1 is 1.46 bits per heavy atom. The third kappa shape index (κ3) is 8.53. The number of rotatable bonds is 7. The highest BCUT2D eigenvalue weighted by Crippen LogP contribution is 1.98. The lowest BCUT2D eigenvalue weighted by Gasteiger charge is -2.14. The first kappa shape index (κ1) is 13.2. The van der Waals surface area contributed by atoms with Crippen LogP contribution in [0.3, 0.4) is 0 Å². The maximum atomic E-state index is 10.8. The van der Waals surface area contributed by atoms with Crippen LogP contribution < -0.4 is 5.32 Å². The Morgan fingerprint density at radius 3 is 2.46 bits per heavy atom. The molecule has 0 saturated heterocycles. The van der Waals surface area contributed by atoms with Crippen LogP contribution in [0.15, 0.2) is 0 Å². The summed E-state index contributed by atoms with van der Waals surface area (Å²) in [6, 6.07) is 0.347. The maximum absolute atomic E-state index is 10.8. The quantitative estimate of drug-likeness (QED) is 0.661. The van der Waals surface area contributed by atoms with Crippen molar-refractivity contribution in [1.29, 1.82) is 0 Å². The number of sulfone groups is 1. The van der Waals surface area contributed by atoms with Crippen molar-refractivity contribution in [3.05, 3.63) is 0 Å². The summed E-state index contributed by atoms with van der Waals surface area (Å²) < 4.78 is 21.6. The topological polar surface area (TPSA) is 46.2 Å². The van der Waals surface area contributed by atoms with Crippen LogP contribution in [0, 0.1) is 0 Å². The van der Waals surface area contributed by atoms with Gasteiger partial charge in [0.05, 0.1) is 5.75 Å². The fourth-order valence-electron chi connectivity index (χ4n) is 1.03. The van der Waals surface area contributed by atoms with Gasteiger partial charge in [0.2, 0.25) is 0 Å². The van der Waals surface area contributed by atoms with Gasteiger partial charge in [-0.25, -0.2) is 8.42 Å². The van der Waals surface area contributed by atoms with E-state index in [0.29, 0.717) is 18.5 Å². The standard InChI is InChI=1S/C8H18ClNO2S/c1-3-8(4-5-9)10-6-7-13(2,11)12/h8,10H,3-7H2,1-2H3. The van der Waals surface area contributed by atoms with Crippen LogP contribution in [0.2, 0.25) is 0 Å². The van der Waals surface area contributed by atoms with E-state index in [2.05, 4.69) is 12.2 Å². The van der Waals surface area contributed by atoms with Crippen LogP contribution in [0.5, 0.6) is 0 Å². The Kier molecular flexibility index (Phi) is 6.73. The van der Waals surface area contributed by atoms with Gasteiger partial charge in [0.25, 0.3) is 0 Å². The van der Waals surface area contributed by atoms with Crippen molar-refractivity contribution in [3.8, 4) is 0 Å². The highest BCUT2D eigenvalue weighted by Gasteiger charge is 2.06. The van der Waals surface area contributed by atoms with E-state index in [1.807, 2.05) is 0 Å². The van der Waals surface area contributed by atoms with E-state index in [1.165, 1.54) is 6.26 Å². The molecule has 0 amide bonds. The molecule has 0 radical (unpaired) electrons. The molecule has 0 bridgehead atoms. The average molecular weight is 228 g/mol. The van der Waals surface area contributed by atoms with E-state index >= 15 is 0 Å². The normalized spacial score (nSPS) is 14.4. The van der Waals surface area contributed by atoms with E-state index in [0.717, 1.165) is 12.8 Å². The fraction of sp³-hybridized carbons (Fsp3) is 1.00. The number of nitrogens with one attached hydrogen (secondary N) is 1. The van der Waals surface area contributed by atoms with Gasteiger partial charge in [-0.05, 0) is 12.8 Å². The lowest BCUT2D eigenvalue weighted by atomic mass is 10.2. The van der Waals surface area contributed by atoms with Gasteiger partial charge >= 0.3 is 0 Å². The summed E-state index contributed by atoms with van der Waals surface area (Å²) in [5.41, 5.74) is 0. The Hall–Kier alpha value is 0.200. The first-order valence-corrected chi connectivity index (χ1v) is 7.06. The van der Waals surface area contributed by atoms with Crippen LogP contribution in [-0.2, 0) is 9.84 Å². The van der Waals surface area contributed by atoms with Crippen LogP contribution in [0.4, 0.5) is 0 Å². The summed E-state index contributed by atoms with van der Waals surface area (Å²) in [7, 11) is -2.84. The first-order valence-electron chi connectivity index (χ1n) is 4.46. The Bertz CT molecular complexity index is 216. The van der Waals surface area contributed by atoms with Gasteiger partial charge in [-0.1, -0.05) is 6.92 Å². The average Bonchev–Trinajstić information content (AvgIpc) is 2.01. The summed E-state index contributed by atoms with van der Waals surface area (Å²) in [4.78, 5) is 0. The van der Waals surface area contributed by atoms with Crippen molar-refractivity contribution in [3.63, 3.8) is 0 Å². The van der Waals surface area contributed by atoms with E-state index in [-0.39, 0.29) is 5.75 Å². The predicted molar refractivity (Wildman–Crippen MR) is 57.1 cm³/mol. The third-order valence-electron chi connectivity index (χ3n) is 1.86.